The van der Waals surface area contributed by atoms with E-state index in [1.54, 1.807) is 0 Å². The second kappa shape index (κ2) is 69.6. The molecule has 0 aromatic rings. The summed E-state index contributed by atoms with van der Waals surface area (Å²) in [4.78, 5) is 38.5. The highest BCUT2D eigenvalue weighted by Gasteiger charge is 2.19. The zero-order valence-corrected chi connectivity index (χ0v) is 54.3. The van der Waals surface area contributed by atoms with Crippen LogP contribution in [0.25, 0.3) is 0 Å². The van der Waals surface area contributed by atoms with Crippen LogP contribution in [0.1, 0.15) is 380 Å². The molecule has 0 spiro atoms. The molecule has 0 bridgehead atoms. The van der Waals surface area contributed by atoms with E-state index in [0.717, 1.165) is 96.3 Å². The summed E-state index contributed by atoms with van der Waals surface area (Å²) in [5, 5.41) is 0. The molecule has 6 heteroatoms. The minimum absolute atomic E-state index is 0.0778. The Morgan fingerprint density at radius 2 is 0.481 bits per heavy atom. The van der Waals surface area contributed by atoms with Gasteiger partial charge in [-0.2, -0.15) is 0 Å². The molecule has 0 heterocycles. The summed E-state index contributed by atoms with van der Waals surface area (Å²) in [6, 6.07) is 0. The quantitative estimate of drug-likeness (QED) is 0.0261. The minimum atomic E-state index is -0.784. The maximum atomic E-state index is 13.0. The standard InChI is InChI=1S/C75H136O6/c1-4-7-10-13-16-19-22-25-28-31-34-35-36-37-38-39-40-42-44-47-50-53-56-59-62-65-68-74(77)80-71-72(70-79-73(76)67-64-61-58-55-52-49-46-43-33-30-27-24-21-18-15-12-9-6-3)81-75(78)69-66-63-60-57-54-51-48-45-41-32-29-26-23-20-17-14-11-8-5-2/h8,11,17,20,26,29-30,33,41,45,72H,4-7,9-10,12-16,18-19,21-25,27-28,31-32,34-40,42-44,46-71H2,1-3H3/b11-8-,20-17-,29-26-,33-30-,45-41-. The summed E-state index contributed by atoms with van der Waals surface area (Å²) in [7, 11) is 0. The molecule has 0 fully saturated rings. The van der Waals surface area contributed by atoms with E-state index in [0.29, 0.717) is 19.3 Å². The van der Waals surface area contributed by atoms with Crippen molar-refractivity contribution in [1.29, 1.82) is 0 Å². The number of allylic oxidation sites excluding steroid dienone is 10. The molecule has 0 aliphatic rings. The number of hydrogen-bond donors (Lipinski definition) is 0. The summed E-state index contributed by atoms with van der Waals surface area (Å²) in [5.74, 6) is -0.872. The number of carbonyl (C=O) groups is 3. The molecule has 472 valence electrons. The van der Waals surface area contributed by atoms with Crippen LogP contribution in [0.15, 0.2) is 60.8 Å². The third-order valence-electron chi connectivity index (χ3n) is 16.0. The fourth-order valence-electron chi connectivity index (χ4n) is 10.7. The van der Waals surface area contributed by atoms with Crippen LogP contribution in [0, 0.1) is 0 Å². The van der Waals surface area contributed by atoms with E-state index in [4.69, 9.17) is 14.2 Å². The van der Waals surface area contributed by atoms with Crippen molar-refractivity contribution in [3.63, 3.8) is 0 Å². The van der Waals surface area contributed by atoms with E-state index in [1.807, 2.05) is 0 Å². The van der Waals surface area contributed by atoms with Crippen LogP contribution in [0.3, 0.4) is 0 Å². The van der Waals surface area contributed by atoms with E-state index >= 15 is 0 Å². The Morgan fingerprint density at radius 3 is 0.765 bits per heavy atom. The first-order valence-corrected chi connectivity index (χ1v) is 35.8. The van der Waals surface area contributed by atoms with Gasteiger partial charge in [0.1, 0.15) is 13.2 Å². The minimum Gasteiger partial charge on any atom is -0.462 e. The normalized spacial score (nSPS) is 12.4. The lowest BCUT2D eigenvalue weighted by molar-refractivity contribution is -0.167. The monoisotopic (exact) mass is 1130 g/mol. The van der Waals surface area contributed by atoms with Crippen molar-refractivity contribution < 1.29 is 28.6 Å². The van der Waals surface area contributed by atoms with Crippen molar-refractivity contribution in [3.05, 3.63) is 60.8 Å². The molecule has 81 heavy (non-hydrogen) atoms. The van der Waals surface area contributed by atoms with Gasteiger partial charge in [0.25, 0.3) is 0 Å². The topological polar surface area (TPSA) is 78.9 Å². The van der Waals surface area contributed by atoms with Crippen LogP contribution in [0.2, 0.25) is 0 Å². The number of carbonyl (C=O) groups excluding carboxylic acids is 3. The fourth-order valence-corrected chi connectivity index (χ4v) is 10.7. The van der Waals surface area contributed by atoms with Gasteiger partial charge in [-0.25, -0.2) is 0 Å². The van der Waals surface area contributed by atoms with Crippen LogP contribution in [-0.4, -0.2) is 37.2 Å². The lowest BCUT2D eigenvalue weighted by atomic mass is 10.0. The molecule has 6 nitrogen and oxygen atoms in total. The summed E-state index contributed by atoms with van der Waals surface area (Å²) in [6.45, 7) is 6.58. The first-order chi connectivity index (χ1) is 40.0. The first-order valence-electron chi connectivity index (χ1n) is 35.8. The number of hydrogen-bond acceptors (Lipinski definition) is 6. The summed E-state index contributed by atoms with van der Waals surface area (Å²) < 4.78 is 17.0. The van der Waals surface area contributed by atoms with E-state index in [9.17, 15) is 14.4 Å². The fraction of sp³-hybridized carbons (Fsp3) is 0.827. The molecule has 0 radical (unpaired) electrons. The van der Waals surface area contributed by atoms with Crippen LogP contribution in [0.4, 0.5) is 0 Å². The van der Waals surface area contributed by atoms with E-state index in [-0.39, 0.29) is 31.1 Å². The average molecular weight is 1130 g/mol. The predicted octanol–water partition coefficient (Wildman–Crippen LogP) is 24.7. The Balaban J connectivity index is 4.30. The zero-order chi connectivity index (χ0) is 58.5. The van der Waals surface area contributed by atoms with Crippen LogP contribution < -0.4 is 0 Å². The molecule has 0 aromatic heterocycles. The second-order valence-electron chi connectivity index (χ2n) is 24.1. The van der Waals surface area contributed by atoms with Crippen LogP contribution in [-0.2, 0) is 28.6 Å². The number of esters is 3. The Morgan fingerprint density at radius 1 is 0.259 bits per heavy atom. The van der Waals surface area contributed by atoms with Gasteiger partial charge in [-0.1, -0.05) is 338 Å². The second-order valence-corrected chi connectivity index (χ2v) is 24.1. The van der Waals surface area contributed by atoms with Crippen molar-refractivity contribution in [2.24, 2.45) is 0 Å². The van der Waals surface area contributed by atoms with Crippen LogP contribution in [0.5, 0.6) is 0 Å². The summed E-state index contributed by atoms with van der Waals surface area (Å²) in [6.07, 6.45) is 89.6. The molecule has 1 atom stereocenters. The van der Waals surface area contributed by atoms with Gasteiger partial charge in [0, 0.05) is 19.3 Å². The Kier molecular flexibility index (Phi) is 67.1. The van der Waals surface area contributed by atoms with Gasteiger partial charge in [0.15, 0.2) is 6.10 Å². The third kappa shape index (κ3) is 67.8. The Labute approximate surface area is 504 Å². The highest BCUT2D eigenvalue weighted by Crippen LogP contribution is 2.18. The van der Waals surface area contributed by atoms with Crippen LogP contribution >= 0.6 is 0 Å². The van der Waals surface area contributed by atoms with Gasteiger partial charge in [0.05, 0.1) is 0 Å². The summed E-state index contributed by atoms with van der Waals surface area (Å²) in [5.41, 5.74) is 0. The highest BCUT2D eigenvalue weighted by atomic mass is 16.6. The van der Waals surface area contributed by atoms with Gasteiger partial charge in [0.2, 0.25) is 0 Å². The molecule has 0 N–H and O–H groups in total. The van der Waals surface area contributed by atoms with E-state index in [2.05, 4.69) is 81.5 Å². The molecule has 1 unspecified atom stereocenters. The maximum Gasteiger partial charge on any atom is 0.306 e. The number of rotatable bonds is 66. The molecule has 0 rings (SSSR count). The lowest BCUT2D eigenvalue weighted by Crippen LogP contribution is -2.30. The maximum absolute atomic E-state index is 13.0. The largest absolute Gasteiger partial charge is 0.462 e. The van der Waals surface area contributed by atoms with Gasteiger partial charge in [-0.05, 0) is 83.5 Å². The van der Waals surface area contributed by atoms with Gasteiger partial charge < -0.3 is 14.2 Å². The van der Waals surface area contributed by atoms with Crippen molar-refractivity contribution in [2.75, 3.05) is 13.2 Å². The highest BCUT2D eigenvalue weighted by molar-refractivity contribution is 5.71. The van der Waals surface area contributed by atoms with E-state index < -0.39 is 6.10 Å². The third-order valence-corrected chi connectivity index (χ3v) is 16.0. The molecule has 0 amide bonds. The van der Waals surface area contributed by atoms with Crippen molar-refractivity contribution in [1.82, 2.24) is 0 Å². The van der Waals surface area contributed by atoms with E-state index in [1.165, 1.54) is 244 Å². The molecule has 0 aliphatic heterocycles. The molecule has 0 saturated heterocycles. The Hall–Kier alpha value is -2.89. The summed E-state index contributed by atoms with van der Waals surface area (Å²) >= 11 is 0. The molecule has 0 saturated carbocycles. The molecule has 0 aromatic carbocycles. The molecular weight excluding hydrogens is 997 g/mol. The van der Waals surface area contributed by atoms with Gasteiger partial charge in [-0.3, -0.25) is 14.4 Å². The number of unbranched alkanes of at least 4 members (excludes halogenated alkanes) is 45. The van der Waals surface area contributed by atoms with Crippen molar-refractivity contribution in [2.45, 2.75) is 386 Å². The average Bonchev–Trinajstić information content (AvgIpc) is 3.47. The molecule has 0 aliphatic carbocycles. The SMILES string of the molecule is CC/C=C\C/C=C\C/C=C\C/C=C\CCCCCCCCC(=O)OC(COC(=O)CCCCCCCCC/C=C\CCCCCCCCC)COC(=O)CCCCCCCCCCCCCCCCCCCCCCCCCCCC. The first kappa shape index (κ1) is 78.1. The zero-order valence-electron chi connectivity index (χ0n) is 54.3. The van der Waals surface area contributed by atoms with Crippen molar-refractivity contribution >= 4 is 17.9 Å². The van der Waals surface area contributed by atoms with Crippen molar-refractivity contribution in [3.8, 4) is 0 Å². The smallest absolute Gasteiger partial charge is 0.306 e. The molecular formula is C75H136O6. The number of ether oxygens (including phenoxy) is 3. The Bertz CT molecular complexity index is 1440. The lowest BCUT2D eigenvalue weighted by Gasteiger charge is -2.18. The van der Waals surface area contributed by atoms with Gasteiger partial charge >= 0.3 is 17.9 Å². The predicted molar refractivity (Wildman–Crippen MR) is 353 cm³/mol. The van der Waals surface area contributed by atoms with Gasteiger partial charge in [-0.15, -0.1) is 0 Å².